The average molecular weight is 270 g/mol. The summed E-state index contributed by atoms with van der Waals surface area (Å²) in [7, 11) is 0. The topological polar surface area (TPSA) is 58.9 Å². The van der Waals surface area contributed by atoms with Gasteiger partial charge in [0.05, 0.1) is 11.4 Å². The second-order valence-corrected chi connectivity index (χ2v) is 5.24. The summed E-state index contributed by atoms with van der Waals surface area (Å²) in [6, 6.07) is 4.12. The number of fused-ring (bicyclic) bond motifs is 1. The number of carbonyl (C=O) groups excluding carboxylic acids is 2. The quantitative estimate of drug-likeness (QED) is 0.776. The van der Waals surface area contributed by atoms with Crippen molar-refractivity contribution in [3.63, 3.8) is 0 Å². The van der Waals surface area contributed by atoms with Crippen LogP contribution in [0.4, 0.5) is 5.69 Å². The fourth-order valence-corrected chi connectivity index (χ4v) is 2.45. The van der Waals surface area contributed by atoms with E-state index in [0.717, 1.165) is 29.7 Å². The molecule has 0 aliphatic carbocycles. The van der Waals surface area contributed by atoms with E-state index in [9.17, 15) is 9.59 Å². The Morgan fingerprint density at radius 2 is 1.95 bits per heavy atom. The largest absolute Gasteiger partial charge is 0.296 e. The Hall–Kier alpha value is -2.10. The Bertz CT molecular complexity index is 615. The van der Waals surface area contributed by atoms with Gasteiger partial charge in [0, 0.05) is 5.92 Å². The normalized spacial score (nSPS) is 23.2. The molecule has 0 spiro atoms. The van der Waals surface area contributed by atoms with Crippen molar-refractivity contribution in [3.05, 3.63) is 28.8 Å². The van der Waals surface area contributed by atoms with E-state index in [1.54, 1.807) is 0 Å². The average Bonchev–Trinajstić information content (AvgIpc) is 2.42. The van der Waals surface area contributed by atoms with Gasteiger partial charge in [-0.2, -0.15) is 0 Å². The lowest BCUT2D eigenvalue weighted by molar-refractivity contribution is -0.106. The number of amides is 1. The predicted molar refractivity (Wildman–Crippen MR) is 80.1 cm³/mol. The summed E-state index contributed by atoms with van der Waals surface area (Å²) in [4.78, 5) is 30.2. The first-order valence-electron chi connectivity index (χ1n) is 6.72. The van der Waals surface area contributed by atoms with E-state index in [0.29, 0.717) is 18.4 Å². The Morgan fingerprint density at radius 3 is 2.60 bits per heavy atom. The zero-order valence-corrected chi connectivity index (χ0v) is 12.0. The molecule has 4 nitrogen and oxygen atoms in total. The molecule has 0 radical (unpaired) electrons. The van der Waals surface area contributed by atoms with Crippen molar-refractivity contribution in [1.82, 2.24) is 0 Å². The number of carbonyl (C=O) groups is 2. The summed E-state index contributed by atoms with van der Waals surface area (Å²) in [5.74, 6) is 0.0407. The van der Waals surface area contributed by atoms with Gasteiger partial charge in [0.1, 0.15) is 5.71 Å². The summed E-state index contributed by atoms with van der Waals surface area (Å²) in [6.07, 6.45) is 2.87. The summed E-state index contributed by atoms with van der Waals surface area (Å²) < 4.78 is 0. The Balaban J connectivity index is 2.62. The first kappa shape index (κ1) is 14.3. The predicted octanol–water partition coefficient (Wildman–Crippen LogP) is 2.75. The summed E-state index contributed by atoms with van der Waals surface area (Å²) in [5, 5.41) is 0. The van der Waals surface area contributed by atoms with E-state index in [4.69, 9.17) is 0 Å². The van der Waals surface area contributed by atoms with E-state index in [1.807, 2.05) is 19.9 Å². The first-order valence-corrected chi connectivity index (χ1v) is 6.72. The van der Waals surface area contributed by atoms with Crippen LogP contribution in [-0.4, -0.2) is 24.1 Å². The number of nitrogens with zero attached hydrogens (tertiary/aromatic N) is 2. The third-order valence-corrected chi connectivity index (χ3v) is 3.82. The Morgan fingerprint density at radius 1 is 1.25 bits per heavy atom. The van der Waals surface area contributed by atoms with Crippen LogP contribution in [0.3, 0.4) is 0 Å². The number of aryl methyl sites for hydroxylation is 3. The van der Waals surface area contributed by atoms with Gasteiger partial charge in [0.15, 0.2) is 6.29 Å². The van der Waals surface area contributed by atoms with Gasteiger partial charge in [-0.15, -0.1) is 0 Å². The highest BCUT2D eigenvalue weighted by molar-refractivity contribution is 6.63. The van der Waals surface area contributed by atoms with E-state index in [-0.39, 0.29) is 11.6 Å². The van der Waals surface area contributed by atoms with Crippen molar-refractivity contribution in [3.8, 4) is 0 Å². The van der Waals surface area contributed by atoms with Crippen molar-refractivity contribution in [2.45, 2.75) is 33.6 Å². The number of aliphatic imine (C=N–C) groups is 2. The second kappa shape index (κ2) is 5.90. The number of hydrogen-bond donors (Lipinski definition) is 0. The van der Waals surface area contributed by atoms with Crippen LogP contribution in [0.25, 0.3) is 0 Å². The molecule has 1 atom stereocenters. The maximum absolute atomic E-state index is 11.3. The van der Waals surface area contributed by atoms with E-state index in [1.165, 1.54) is 5.56 Å². The van der Waals surface area contributed by atoms with Crippen LogP contribution in [0.1, 0.15) is 30.0 Å². The van der Waals surface area contributed by atoms with Crippen LogP contribution < -0.4 is 0 Å². The van der Waals surface area contributed by atoms with Gasteiger partial charge in [-0.3, -0.25) is 9.59 Å². The summed E-state index contributed by atoms with van der Waals surface area (Å²) >= 11 is 0. The van der Waals surface area contributed by atoms with Gasteiger partial charge in [-0.1, -0.05) is 13.0 Å². The van der Waals surface area contributed by atoms with Crippen molar-refractivity contribution < 1.29 is 9.59 Å². The first-order chi connectivity index (χ1) is 9.56. The van der Waals surface area contributed by atoms with E-state index in [2.05, 4.69) is 23.0 Å². The molecule has 1 aromatic carbocycles. The van der Waals surface area contributed by atoms with Gasteiger partial charge in [-0.25, -0.2) is 9.98 Å². The Labute approximate surface area is 118 Å². The van der Waals surface area contributed by atoms with E-state index >= 15 is 0 Å². The smallest absolute Gasteiger partial charge is 0.233 e. The fourth-order valence-electron chi connectivity index (χ4n) is 2.45. The molecule has 1 aliphatic rings. The number of benzene rings is 1. The molecule has 104 valence electrons. The maximum atomic E-state index is 11.3. The van der Waals surface area contributed by atoms with Crippen molar-refractivity contribution in [2.24, 2.45) is 15.9 Å². The minimum absolute atomic E-state index is 0.0407. The SMILES string of the molecule is Cc1cc2c(cc1C)/N=C(C=O)\C(=N/C=O)C(C)CC2. The minimum atomic E-state index is 0.0407. The zero-order valence-electron chi connectivity index (χ0n) is 12.0. The highest BCUT2D eigenvalue weighted by Gasteiger charge is 2.21. The summed E-state index contributed by atoms with van der Waals surface area (Å²) in [6.45, 7) is 6.06. The fraction of sp³-hybridized carbons (Fsp3) is 0.375. The molecule has 0 fully saturated rings. The number of rotatable bonds is 2. The third kappa shape index (κ3) is 2.74. The van der Waals surface area contributed by atoms with Crippen LogP contribution in [0.5, 0.6) is 0 Å². The third-order valence-electron chi connectivity index (χ3n) is 3.82. The van der Waals surface area contributed by atoms with Crippen LogP contribution in [0.2, 0.25) is 0 Å². The summed E-state index contributed by atoms with van der Waals surface area (Å²) in [5.41, 5.74) is 5.06. The molecule has 4 heteroatoms. The van der Waals surface area contributed by atoms with Gasteiger partial charge in [0.2, 0.25) is 6.41 Å². The van der Waals surface area contributed by atoms with Crippen LogP contribution in [0, 0.1) is 19.8 Å². The lowest BCUT2D eigenvalue weighted by atomic mass is 9.90. The van der Waals surface area contributed by atoms with Crippen LogP contribution in [-0.2, 0) is 16.0 Å². The molecule has 0 aromatic heterocycles. The molecular formula is C16H18N2O2. The highest BCUT2D eigenvalue weighted by atomic mass is 16.1. The van der Waals surface area contributed by atoms with Crippen molar-refractivity contribution in [1.29, 1.82) is 0 Å². The van der Waals surface area contributed by atoms with Gasteiger partial charge < -0.3 is 0 Å². The molecule has 1 unspecified atom stereocenters. The monoisotopic (exact) mass is 270 g/mol. The highest BCUT2D eigenvalue weighted by Crippen LogP contribution is 2.28. The lowest BCUT2D eigenvalue weighted by Crippen LogP contribution is -2.25. The molecule has 0 saturated heterocycles. The maximum Gasteiger partial charge on any atom is 0.233 e. The molecule has 1 aliphatic heterocycles. The standard InChI is InChI=1S/C16H18N2O2/c1-10-4-5-13-6-11(2)12(3)7-14(13)18-15(8-19)16(10)17-9-20/h6-10H,4-5H2,1-3H3/b17-16-,18-15-. The second-order valence-electron chi connectivity index (χ2n) is 5.24. The molecular weight excluding hydrogens is 252 g/mol. The van der Waals surface area contributed by atoms with Gasteiger partial charge in [-0.05, 0) is 49.4 Å². The van der Waals surface area contributed by atoms with Crippen molar-refractivity contribution >= 4 is 29.8 Å². The molecule has 1 aromatic rings. The molecule has 20 heavy (non-hydrogen) atoms. The lowest BCUT2D eigenvalue weighted by Gasteiger charge is -2.19. The molecule has 1 amide bonds. The number of aldehydes is 1. The Kier molecular flexibility index (Phi) is 4.23. The van der Waals surface area contributed by atoms with Gasteiger partial charge in [0.25, 0.3) is 0 Å². The van der Waals surface area contributed by atoms with Gasteiger partial charge >= 0.3 is 0 Å². The number of hydrogen-bond acceptors (Lipinski definition) is 3. The molecule has 2 rings (SSSR count). The zero-order chi connectivity index (χ0) is 14.7. The van der Waals surface area contributed by atoms with Crippen LogP contribution >= 0.6 is 0 Å². The molecule has 0 saturated carbocycles. The molecule has 1 heterocycles. The van der Waals surface area contributed by atoms with E-state index < -0.39 is 0 Å². The minimum Gasteiger partial charge on any atom is -0.296 e. The molecule has 0 bridgehead atoms. The van der Waals surface area contributed by atoms with Crippen LogP contribution in [0.15, 0.2) is 22.1 Å². The molecule has 0 N–H and O–H groups in total. The van der Waals surface area contributed by atoms with Crippen molar-refractivity contribution in [2.75, 3.05) is 0 Å².